The predicted octanol–water partition coefficient (Wildman–Crippen LogP) is 3.20. The van der Waals surface area contributed by atoms with Crippen LogP contribution in [0.4, 0.5) is 13.2 Å². The van der Waals surface area contributed by atoms with Crippen LogP contribution in [0.25, 0.3) is 5.53 Å². The molecule has 0 aliphatic heterocycles. The topological polar surface area (TPSA) is 114 Å². The number of hydrogen-bond donors (Lipinski definition) is 0. The van der Waals surface area contributed by atoms with Crippen LogP contribution < -0.4 is 0 Å². The molecule has 0 bridgehead atoms. The van der Waals surface area contributed by atoms with Crippen LogP contribution in [0.15, 0.2) is 65.6 Å². The van der Waals surface area contributed by atoms with E-state index in [1.54, 1.807) is 0 Å². The first kappa shape index (κ1) is 21.5. The molecule has 7 nitrogen and oxygen atoms in total. The standard InChI is InChI=1S/C14H10F3IN2O5S2/c15-14(16,17)27(23,24)25-18(11-7-3-1-4-8-11)13(20-19)26(21,22)12-9-5-2-6-10-12/h1-10H. The van der Waals surface area contributed by atoms with Gasteiger partial charge in [-0.1, -0.05) is 0 Å². The quantitative estimate of drug-likeness (QED) is 0.146. The molecule has 13 heteroatoms. The van der Waals surface area contributed by atoms with Crippen LogP contribution in [0, 0.1) is 3.57 Å². The van der Waals surface area contributed by atoms with Crippen molar-refractivity contribution in [1.29, 1.82) is 0 Å². The number of halogens is 4. The molecule has 0 aromatic heterocycles. The fourth-order valence-electron chi connectivity index (χ4n) is 1.68. The molecule has 146 valence electrons. The van der Waals surface area contributed by atoms with E-state index in [2.05, 4.69) is 7.30 Å². The van der Waals surface area contributed by atoms with Gasteiger partial charge in [-0.15, -0.1) is 0 Å². The summed E-state index contributed by atoms with van der Waals surface area (Å²) in [5.41, 5.74) is 3.48. The molecule has 0 unspecified atom stereocenters. The van der Waals surface area contributed by atoms with Gasteiger partial charge in [-0.2, -0.15) is 0 Å². The van der Waals surface area contributed by atoms with Gasteiger partial charge in [-0.25, -0.2) is 0 Å². The third-order valence-electron chi connectivity index (χ3n) is 2.86. The molecule has 0 amide bonds. The van der Waals surface area contributed by atoms with E-state index in [9.17, 15) is 35.5 Å². The van der Waals surface area contributed by atoms with Crippen molar-refractivity contribution >= 4 is 43.2 Å². The van der Waals surface area contributed by atoms with E-state index in [1.165, 1.54) is 48.5 Å². The van der Waals surface area contributed by atoms with E-state index in [4.69, 9.17) is 0 Å². The van der Waals surface area contributed by atoms with Crippen molar-refractivity contribution in [2.24, 2.45) is 0 Å². The third kappa shape index (κ3) is 4.73. The molecule has 2 rings (SSSR count). The van der Waals surface area contributed by atoms with E-state index < -0.39 is 48.7 Å². The number of alkyl halides is 3. The van der Waals surface area contributed by atoms with E-state index in [-0.39, 0.29) is 8.47 Å². The van der Waals surface area contributed by atoms with Crippen LogP contribution in [0.2, 0.25) is 0 Å². The third-order valence-corrected chi connectivity index (χ3v) is 13.2. The SMILES string of the molecule is [N-]=[N+]=C(I(OS(=O)(=O)C(F)(F)F)c1ccccc1)S(=O)(=O)c1ccccc1. The minimum atomic E-state index is -6.13. The van der Waals surface area contributed by atoms with Gasteiger partial charge in [-0.05, 0) is 0 Å². The molecule has 0 saturated carbocycles. The van der Waals surface area contributed by atoms with Crippen molar-refractivity contribution in [3.8, 4) is 0 Å². The molecule has 0 spiro atoms. The molecule has 0 N–H and O–H groups in total. The van der Waals surface area contributed by atoms with Gasteiger partial charge in [0.1, 0.15) is 0 Å². The van der Waals surface area contributed by atoms with Crippen molar-refractivity contribution in [2.45, 2.75) is 10.4 Å². The normalized spacial score (nSPS) is 12.9. The number of hydrogen-bond acceptors (Lipinski definition) is 5. The predicted molar refractivity (Wildman–Crippen MR) is 97.5 cm³/mol. The molecule has 0 saturated heterocycles. The molecule has 2 aromatic rings. The zero-order valence-electron chi connectivity index (χ0n) is 13.0. The van der Waals surface area contributed by atoms with E-state index in [1.807, 2.05) is 0 Å². The van der Waals surface area contributed by atoms with Crippen molar-refractivity contribution in [3.63, 3.8) is 0 Å². The van der Waals surface area contributed by atoms with Crippen LogP contribution in [-0.4, -0.2) is 30.2 Å². The summed E-state index contributed by atoms with van der Waals surface area (Å²) in [6.07, 6.45) is 0. The molecule has 0 atom stereocenters. The minimum absolute atomic E-state index is 0.123. The molecule has 0 fully saturated rings. The maximum atomic E-state index is 12.8. The second-order valence-corrected chi connectivity index (χ2v) is 13.5. The summed E-state index contributed by atoms with van der Waals surface area (Å²) in [4.78, 5) is 2.24. The average Bonchev–Trinajstić information content (AvgIpc) is 2.61. The average molecular weight is 534 g/mol. The first-order valence-corrected chi connectivity index (χ1v) is 12.7. The van der Waals surface area contributed by atoms with Crippen molar-refractivity contribution in [2.75, 3.05) is 0 Å². The molecule has 0 aliphatic carbocycles. The van der Waals surface area contributed by atoms with Gasteiger partial charge in [0.25, 0.3) is 0 Å². The first-order chi connectivity index (χ1) is 12.5. The Morgan fingerprint density at radius 3 is 1.85 bits per heavy atom. The Morgan fingerprint density at radius 1 is 0.926 bits per heavy atom. The van der Waals surface area contributed by atoms with E-state index in [0.717, 1.165) is 12.1 Å². The number of sulfone groups is 1. The zero-order chi connectivity index (χ0) is 20.3. The molecule has 0 radical (unpaired) electrons. The summed E-state index contributed by atoms with van der Waals surface area (Å²) in [5, 5.41) is 0. The number of nitrogens with zero attached hydrogens (tertiary/aromatic N) is 2. The van der Waals surface area contributed by atoms with Gasteiger partial charge in [0.2, 0.25) is 0 Å². The summed E-state index contributed by atoms with van der Waals surface area (Å²) < 4.78 is 89.6. The Labute approximate surface area is 160 Å². The van der Waals surface area contributed by atoms with Crippen LogP contribution in [-0.2, 0) is 22.5 Å². The summed E-state index contributed by atoms with van der Waals surface area (Å²) in [6, 6.07) is 13.0. The monoisotopic (exact) mass is 534 g/mol. The van der Waals surface area contributed by atoms with E-state index >= 15 is 0 Å². The Kier molecular flexibility index (Phi) is 6.42. The first-order valence-electron chi connectivity index (χ1n) is 6.79. The van der Waals surface area contributed by atoms with Gasteiger partial charge in [0.05, 0.1) is 0 Å². The number of rotatable bonds is 5. The van der Waals surface area contributed by atoms with Crippen LogP contribution >= 0.6 is 20.2 Å². The number of benzene rings is 2. The summed E-state index contributed by atoms with van der Waals surface area (Å²) in [7, 11) is -10.7. The Bertz CT molecular complexity index is 1070. The second kappa shape index (κ2) is 8.06. The summed E-state index contributed by atoms with van der Waals surface area (Å²) >= 11 is -4.35. The molecular formula is C14H10F3IN2O5S2. The van der Waals surface area contributed by atoms with Gasteiger partial charge < -0.3 is 0 Å². The fraction of sp³-hybridized carbons (Fsp3) is 0.0714. The van der Waals surface area contributed by atoms with Crippen LogP contribution in [0.3, 0.4) is 0 Å². The molecule has 0 aliphatic rings. The van der Waals surface area contributed by atoms with Gasteiger partial charge in [-0.3, -0.25) is 0 Å². The molecule has 0 heterocycles. The zero-order valence-corrected chi connectivity index (χ0v) is 16.8. The molecule has 27 heavy (non-hydrogen) atoms. The van der Waals surface area contributed by atoms with Crippen LogP contribution in [0.1, 0.15) is 0 Å². The Morgan fingerprint density at radius 2 is 1.41 bits per heavy atom. The van der Waals surface area contributed by atoms with Crippen LogP contribution in [0.5, 0.6) is 0 Å². The van der Waals surface area contributed by atoms with Gasteiger partial charge >= 0.3 is 161 Å². The fourth-order valence-corrected chi connectivity index (χ4v) is 11.4. The summed E-state index contributed by atoms with van der Waals surface area (Å²) in [6.45, 7) is 0. The molecule has 2 aromatic carbocycles. The Balaban J connectivity index is 2.64. The van der Waals surface area contributed by atoms with Crippen molar-refractivity contribution in [1.82, 2.24) is 0 Å². The van der Waals surface area contributed by atoms with Gasteiger partial charge in [0.15, 0.2) is 0 Å². The van der Waals surface area contributed by atoms with Crippen molar-refractivity contribution < 1.29 is 37.3 Å². The Hall–Kier alpha value is -1.80. The molecular weight excluding hydrogens is 524 g/mol. The maximum absolute atomic E-state index is 12.8. The van der Waals surface area contributed by atoms with Gasteiger partial charge in [0, 0.05) is 0 Å². The summed E-state index contributed by atoms with van der Waals surface area (Å²) in [5.74, 6) is 0. The van der Waals surface area contributed by atoms with E-state index in [0.29, 0.717) is 0 Å². The van der Waals surface area contributed by atoms with Crippen molar-refractivity contribution in [3.05, 3.63) is 69.8 Å². The second-order valence-electron chi connectivity index (χ2n) is 4.68.